The van der Waals surface area contributed by atoms with Crippen molar-refractivity contribution in [3.8, 4) is 11.5 Å². The summed E-state index contributed by atoms with van der Waals surface area (Å²) in [6.07, 6.45) is -7.31. The lowest BCUT2D eigenvalue weighted by Crippen LogP contribution is -2.66. The molecule has 1 amide bonds. The summed E-state index contributed by atoms with van der Waals surface area (Å²) in [6, 6.07) is 30.9. The number of benzene rings is 4. The van der Waals surface area contributed by atoms with Crippen molar-refractivity contribution in [1.29, 1.82) is 0 Å². The first-order valence-electron chi connectivity index (χ1n) is 29.8. The first-order valence-corrected chi connectivity index (χ1v) is 31.3. The number of fused-ring (bicyclic) bond motifs is 1. The lowest BCUT2D eigenvalue weighted by molar-refractivity contribution is -0.279. The number of amides is 1. The molecule has 0 aliphatic carbocycles. The molecule has 2 aliphatic heterocycles. The van der Waals surface area contributed by atoms with Crippen LogP contribution in [0.15, 0.2) is 122 Å². The Labute approximate surface area is 528 Å². The Morgan fingerprint density at radius 1 is 0.703 bits per heavy atom. The van der Waals surface area contributed by atoms with Gasteiger partial charge >= 0.3 is 25.7 Å². The molecular formula is C64H80N7O19P. The highest BCUT2D eigenvalue weighted by atomic mass is 31.2. The van der Waals surface area contributed by atoms with Crippen LogP contribution < -0.4 is 20.5 Å². The standard InChI is InChI=1S/C64H80N7O19P/c1-39(2)71(40(3)4)91(77,84-34-32-81-30-29-80-31-33-82-63-54(69-41(5)72)59(86-44(8)75)58(85-43(7)74)52(87-63)36-83-42(6)73)90-51-35-53(70-38-68-55-61(65)66-37-67-62(55)70)88-57(51)60(56(76)45-17-13-11-14-18-45)89-64(46-19-15-12-16-20-46,47-21-25-49(78-9)26-22-47)48-23-27-50(79-10)28-24-48/h11-28,37-40,51-54,57-60,63H,29-36H2,1-10H3,(H,69,72)(H2,65,66,67)/t51-,52+,53+,54+,57-,58-,59+,60?,63+,91?/m0/s1. The second kappa shape index (κ2) is 32.0. The summed E-state index contributed by atoms with van der Waals surface area (Å²) < 4.78 is 99.1. The van der Waals surface area contributed by atoms with E-state index in [0.717, 1.165) is 13.8 Å². The molecule has 91 heavy (non-hydrogen) atoms. The SMILES string of the molecule is COc1ccc(C(OC(C(=O)c2ccccc2)[C@H]2O[C@@H](n3cnc4c(N)ncnc43)C[C@@H]2OP(=O)(OCCOCCOCCO[C@@H]2O[C@H](COC(C)=O)[C@H](OC(C)=O)[C@H](OC(C)=O)[C@H]2NC(C)=O)N(C(C)C)C(C)C)(c2ccccc2)c2ccc(OC)cc2)cc1. The number of hydrogen-bond acceptors (Lipinski definition) is 23. The predicted molar refractivity (Wildman–Crippen MR) is 328 cm³/mol. The molecule has 2 saturated heterocycles. The lowest BCUT2D eigenvalue weighted by atomic mass is 9.79. The van der Waals surface area contributed by atoms with Crippen LogP contribution in [0.3, 0.4) is 0 Å². The zero-order valence-electron chi connectivity index (χ0n) is 52.6. The van der Waals surface area contributed by atoms with Crippen molar-refractivity contribution in [2.75, 3.05) is 66.2 Å². The van der Waals surface area contributed by atoms with Crippen LogP contribution in [0.5, 0.6) is 11.5 Å². The summed E-state index contributed by atoms with van der Waals surface area (Å²) in [5.74, 6) is -1.84. The fraction of sp³-hybridized carbons (Fsp3) is 0.469. The van der Waals surface area contributed by atoms with Gasteiger partial charge in [0.2, 0.25) is 5.91 Å². The second-order valence-corrected chi connectivity index (χ2v) is 23.8. The quantitative estimate of drug-likeness (QED) is 0.0104. The molecule has 6 aromatic rings. The van der Waals surface area contributed by atoms with Gasteiger partial charge in [-0.2, -0.15) is 0 Å². The minimum atomic E-state index is -4.46. The molecule has 26 nitrogen and oxygen atoms in total. The van der Waals surface area contributed by atoms with E-state index in [1.165, 1.54) is 26.5 Å². The molecule has 10 atom stereocenters. The third-order valence-electron chi connectivity index (χ3n) is 14.9. The second-order valence-electron chi connectivity index (χ2n) is 22.0. The van der Waals surface area contributed by atoms with Crippen LogP contribution in [-0.2, 0) is 81.0 Å². The molecule has 0 spiro atoms. The number of aromatic nitrogens is 4. The van der Waals surface area contributed by atoms with E-state index in [1.54, 1.807) is 53.8 Å². The van der Waals surface area contributed by atoms with Crippen LogP contribution in [-0.4, -0.2) is 175 Å². The number of hydrogen-bond donors (Lipinski definition) is 2. The van der Waals surface area contributed by atoms with Crippen molar-refractivity contribution in [3.63, 3.8) is 0 Å². The summed E-state index contributed by atoms with van der Waals surface area (Å²) in [5.41, 5.74) is 7.58. The van der Waals surface area contributed by atoms with E-state index in [0.29, 0.717) is 44.9 Å². The Morgan fingerprint density at radius 3 is 1.82 bits per heavy atom. The van der Waals surface area contributed by atoms with Crippen LogP contribution in [0.2, 0.25) is 0 Å². The summed E-state index contributed by atoms with van der Waals surface area (Å²) >= 11 is 0. The first-order chi connectivity index (χ1) is 43.7. The molecule has 2 aliphatic rings. The number of anilines is 1. The van der Waals surface area contributed by atoms with Gasteiger partial charge in [0.15, 0.2) is 41.9 Å². The first kappa shape index (κ1) is 69.1. The average Bonchev–Trinajstić information content (AvgIpc) is 1.67. The highest BCUT2D eigenvalue weighted by Crippen LogP contribution is 2.58. The van der Waals surface area contributed by atoms with Crippen molar-refractivity contribution >= 4 is 54.3 Å². The number of imidazole rings is 1. The van der Waals surface area contributed by atoms with E-state index in [-0.39, 0.29) is 51.9 Å². The van der Waals surface area contributed by atoms with Crippen LogP contribution >= 0.6 is 7.75 Å². The summed E-state index contributed by atoms with van der Waals surface area (Å²) in [7, 11) is -1.32. The van der Waals surface area contributed by atoms with Crippen molar-refractivity contribution in [3.05, 3.63) is 144 Å². The maximum Gasteiger partial charge on any atom is 0.409 e. The fourth-order valence-corrected chi connectivity index (χ4v) is 13.5. The molecular weight excluding hydrogens is 1200 g/mol. The average molecular weight is 1280 g/mol. The molecule has 2 unspecified atom stereocenters. The van der Waals surface area contributed by atoms with Crippen LogP contribution in [0.25, 0.3) is 11.2 Å². The number of methoxy groups -OCH3 is 2. The van der Waals surface area contributed by atoms with E-state index in [9.17, 15) is 19.2 Å². The van der Waals surface area contributed by atoms with Crippen LogP contribution in [0.4, 0.5) is 5.82 Å². The van der Waals surface area contributed by atoms with Gasteiger partial charge < -0.3 is 63.2 Å². The van der Waals surface area contributed by atoms with E-state index in [4.69, 9.17) is 66.9 Å². The number of nitrogens with two attached hydrogens (primary N) is 1. The number of carbonyl (C=O) groups is 5. The zero-order valence-corrected chi connectivity index (χ0v) is 53.5. The van der Waals surface area contributed by atoms with Crippen molar-refractivity contribution in [1.82, 2.24) is 29.5 Å². The third-order valence-corrected chi connectivity index (χ3v) is 17.5. The number of Topliss-reactive ketones (excluding diaryl/α,β-unsaturated/α-hetero) is 1. The number of ketones is 1. The van der Waals surface area contributed by atoms with E-state index < -0.39 is 117 Å². The Balaban J connectivity index is 1.06. The molecule has 490 valence electrons. The van der Waals surface area contributed by atoms with Crippen LogP contribution in [0, 0.1) is 0 Å². The smallest absolute Gasteiger partial charge is 0.409 e. The normalized spacial score (nSPS) is 21.1. The van der Waals surface area contributed by atoms with Gasteiger partial charge in [-0.25, -0.2) is 24.2 Å². The summed E-state index contributed by atoms with van der Waals surface area (Å²) in [6.45, 7) is 11.5. The number of ether oxygens (including phenoxy) is 11. The number of nitrogen functional groups attached to an aromatic ring is 1. The van der Waals surface area contributed by atoms with Crippen molar-refractivity contribution in [2.45, 2.75) is 135 Å². The minimum absolute atomic E-state index is 0.0154. The Morgan fingerprint density at radius 2 is 1.26 bits per heavy atom. The Bertz CT molecular complexity index is 3360. The maximum atomic E-state index is 16.1. The molecule has 3 N–H and O–H groups in total. The summed E-state index contributed by atoms with van der Waals surface area (Å²) in [4.78, 5) is 77.8. The Hall–Kier alpha value is -7.75. The van der Waals surface area contributed by atoms with Gasteiger partial charge in [-0.05, 0) is 68.7 Å². The fourth-order valence-electron chi connectivity index (χ4n) is 11.2. The third kappa shape index (κ3) is 17.1. The van der Waals surface area contributed by atoms with Gasteiger partial charge in [-0.1, -0.05) is 84.9 Å². The number of carbonyl (C=O) groups excluding carboxylic acids is 5. The Kier molecular flexibility index (Phi) is 24.3. The molecule has 2 aromatic heterocycles. The highest BCUT2D eigenvalue weighted by Gasteiger charge is 2.55. The number of nitrogens with one attached hydrogen (secondary N) is 1. The highest BCUT2D eigenvalue weighted by molar-refractivity contribution is 7.51. The maximum absolute atomic E-state index is 16.1. The van der Waals surface area contributed by atoms with Gasteiger partial charge in [-0.3, -0.25) is 37.6 Å². The molecule has 0 saturated carbocycles. The molecule has 0 radical (unpaired) electrons. The largest absolute Gasteiger partial charge is 0.497 e. The van der Waals surface area contributed by atoms with Crippen molar-refractivity contribution < 1.29 is 89.7 Å². The van der Waals surface area contributed by atoms with Gasteiger partial charge in [0.05, 0.1) is 60.2 Å². The lowest BCUT2D eigenvalue weighted by Gasteiger charge is -2.44. The van der Waals surface area contributed by atoms with Crippen LogP contribution in [0.1, 0.15) is 95.1 Å². The monoisotopic (exact) mass is 1280 g/mol. The minimum Gasteiger partial charge on any atom is -0.497 e. The molecule has 0 bridgehead atoms. The number of nitrogens with zero attached hydrogens (tertiary/aromatic N) is 5. The number of rotatable bonds is 32. The van der Waals surface area contributed by atoms with Gasteiger partial charge in [-0.15, -0.1) is 0 Å². The van der Waals surface area contributed by atoms with E-state index in [2.05, 4.69) is 20.3 Å². The van der Waals surface area contributed by atoms with Crippen molar-refractivity contribution in [2.24, 2.45) is 0 Å². The van der Waals surface area contributed by atoms with E-state index >= 15 is 9.36 Å². The molecule has 27 heteroatoms. The number of esters is 3. The van der Waals surface area contributed by atoms with Gasteiger partial charge in [0.1, 0.15) is 66.1 Å². The molecule has 4 heterocycles. The summed E-state index contributed by atoms with van der Waals surface area (Å²) in [5, 5.41) is 2.66. The zero-order chi connectivity index (χ0) is 65.4. The van der Waals surface area contributed by atoms with Gasteiger partial charge in [0.25, 0.3) is 0 Å². The predicted octanol–water partition coefficient (Wildman–Crippen LogP) is 7.31. The molecule has 8 rings (SSSR count). The molecule has 4 aromatic carbocycles. The topological polar surface area (TPSA) is 307 Å². The molecule has 2 fully saturated rings. The van der Waals surface area contributed by atoms with Gasteiger partial charge in [0, 0.05) is 51.8 Å². The van der Waals surface area contributed by atoms with E-state index in [1.807, 2.05) is 107 Å².